The van der Waals surface area contributed by atoms with Gasteiger partial charge in [0.15, 0.2) is 0 Å². The second-order valence-corrected chi connectivity index (χ2v) is 6.01. The Kier molecular flexibility index (Phi) is 8.63. The van der Waals surface area contributed by atoms with E-state index in [4.69, 9.17) is 18.9 Å². The van der Waals surface area contributed by atoms with Gasteiger partial charge in [0.25, 0.3) is 0 Å². The first-order valence-electron chi connectivity index (χ1n) is 9.12. The van der Waals surface area contributed by atoms with E-state index in [-0.39, 0.29) is 0 Å². The van der Waals surface area contributed by atoms with Crippen LogP contribution in [0.1, 0.15) is 36.8 Å². The Bertz CT molecular complexity index is 774. The van der Waals surface area contributed by atoms with Crippen LogP contribution in [0.2, 0.25) is 0 Å². The van der Waals surface area contributed by atoms with E-state index < -0.39 is 0 Å². The molecule has 0 spiro atoms. The van der Waals surface area contributed by atoms with Gasteiger partial charge in [0.2, 0.25) is 0 Å². The summed E-state index contributed by atoms with van der Waals surface area (Å²) in [6.45, 7) is 0. The van der Waals surface area contributed by atoms with Crippen molar-refractivity contribution in [2.75, 3.05) is 28.4 Å². The second kappa shape index (κ2) is 11.5. The molecule has 2 aromatic rings. The molecule has 0 atom stereocenters. The molecular formula is C24H26O4. The summed E-state index contributed by atoms with van der Waals surface area (Å²) in [4.78, 5) is 0. The van der Waals surface area contributed by atoms with Crippen LogP contribution in [-0.4, -0.2) is 28.4 Å². The van der Waals surface area contributed by atoms with E-state index in [2.05, 4.69) is 23.7 Å². The van der Waals surface area contributed by atoms with Gasteiger partial charge in [-0.3, -0.25) is 0 Å². The predicted molar refractivity (Wildman–Crippen MR) is 111 cm³/mol. The van der Waals surface area contributed by atoms with Gasteiger partial charge in [-0.1, -0.05) is 23.7 Å². The Labute approximate surface area is 167 Å². The van der Waals surface area contributed by atoms with Gasteiger partial charge in [0.1, 0.15) is 23.0 Å². The minimum Gasteiger partial charge on any atom is -0.497 e. The summed E-state index contributed by atoms with van der Waals surface area (Å²) in [5, 5.41) is 0. The lowest BCUT2D eigenvalue weighted by atomic mass is 10.1. The zero-order chi connectivity index (χ0) is 20.2. The lowest BCUT2D eigenvalue weighted by Crippen LogP contribution is -1.88. The maximum atomic E-state index is 5.26. The minimum absolute atomic E-state index is 0.744. The third-order valence-electron chi connectivity index (χ3n) is 4.02. The SMILES string of the molecule is COc1cc(C#CCCCCC#Cc2cc(OC)cc(OC)c2)cc(OC)c1. The first-order valence-corrected chi connectivity index (χ1v) is 9.12. The Morgan fingerprint density at radius 3 is 1.14 bits per heavy atom. The third-order valence-corrected chi connectivity index (χ3v) is 4.02. The first-order chi connectivity index (χ1) is 13.7. The molecule has 2 rings (SSSR count). The molecule has 0 amide bonds. The van der Waals surface area contributed by atoms with Crippen LogP contribution in [0, 0.1) is 23.7 Å². The third kappa shape index (κ3) is 6.82. The number of methoxy groups -OCH3 is 4. The minimum atomic E-state index is 0.744. The van der Waals surface area contributed by atoms with Gasteiger partial charge in [-0.15, -0.1) is 0 Å². The topological polar surface area (TPSA) is 36.9 Å². The number of unbranched alkanes of at least 4 members (excludes halogenated alkanes) is 3. The highest BCUT2D eigenvalue weighted by Gasteiger charge is 2.00. The van der Waals surface area contributed by atoms with Crippen molar-refractivity contribution in [3.63, 3.8) is 0 Å². The molecule has 0 bridgehead atoms. The largest absolute Gasteiger partial charge is 0.497 e. The quantitative estimate of drug-likeness (QED) is 0.518. The molecule has 0 aromatic heterocycles. The van der Waals surface area contributed by atoms with E-state index in [0.29, 0.717) is 0 Å². The zero-order valence-corrected chi connectivity index (χ0v) is 16.9. The molecule has 2 aromatic carbocycles. The molecule has 4 nitrogen and oxygen atoms in total. The van der Waals surface area contributed by atoms with Crippen LogP contribution in [0.25, 0.3) is 0 Å². The van der Waals surface area contributed by atoms with E-state index in [1.807, 2.05) is 36.4 Å². The number of hydrogen-bond acceptors (Lipinski definition) is 4. The normalized spacial score (nSPS) is 9.43. The van der Waals surface area contributed by atoms with Gasteiger partial charge in [0, 0.05) is 36.1 Å². The monoisotopic (exact) mass is 378 g/mol. The van der Waals surface area contributed by atoms with Crippen molar-refractivity contribution in [1.82, 2.24) is 0 Å². The van der Waals surface area contributed by atoms with Crippen LogP contribution in [0.15, 0.2) is 36.4 Å². The van der Waals surface area contributed by atoms with Crippen LogP contribution < -0.4 is 18.9 Å². The summed E-state index contributed by atoms with van der Waals surface area (Å²) < 4.78 is 21.0. The summed E-state index contributed by atoms with van der Waals surface area (Å²) in [7, 11) is 6.53. The van der Waals surface area contributed by atoms with E-state index in [1.165, 1.54) is 0 Å². The molecule has 0 aliphatic carbocycles. The van der Waals surface area contributed by atoms with Crippen molar-refractivity contribution in [2.45, 2.75) is 25.7 Å². The highest BCUT2D eigenvalue weighted by atomic mass is 16.5. The van der Waals surface area contributed by atoms with Crippen molar-refractivity contribution in [1.29, 1.82) is 0 Å². The van der Waals surface area contributed by atoms with Gasteiger partial charge in [-0.2, -0.15) is 0 Å². The summed E-state index contributed by atoms with van der Waals surface area (Å²) in [5.41, 5.74) is 1.78. The van der Waals surface area contributed by atoms with Gasteiger partial charge in [-0.05, 0) is 37.1 Å². The van der Waals surface area contributed by atoms with E-state index >= 15 is 0 Å². The van der Waals surface area contributed by atoms with Crippen LogP contribution in [-0.2, 0) is 0 Å². The molecule has 4 heteroatoms. The lowest BCUT2D eigenvalue weighted by molar-refractivity contribution is 0.394. The Morgan fingerprint density at radius 2 is 0.857 bits per heavy atom. The standard InChI is InChI=1S/C24H26O4/c1-25-21-13-19(14-22(17-21)26-2)11-9-7-5-6-8-10-12-20-15-23(27-3)18-24(16-20)28-4/h13-18H,5-8H2,1-4H3. The number of benzene rings is 2. The van der Waals surface area contributed by atoms with Crippen molar-refractivity contribution in [3.8, 4) is 46.7 Å². The maximum absolute atomic E-state index is 5.26. The Morgan fingerprint density at radius 1 is 0.536 bits per heavy atom. The predicted octanol–water partition coefficient (Wildman–Crippen LogP) is 4.68. The van der Waals surface area contributed by atoms with Gasteiger partial charge >= 0.3 is 0 Å². The molecule has 0 aliphatic rings. The number of hydrogen-bond donors (Lipinski definition) is 0. The molecule has 0 radical (unpaired) electrons. The van der Waals surface area contributed by atoms with E-state index in [9.17, 15) is 0 Å². The summed E-state index contributed by atoms with van der Waals surface area (Å²) in [6.07, 6.45) is 3.66. The summed E-state index contributed by atoms with van der Waals surface area (Å²) in [5.74, 6) is 15.7. The number of rotatable bonds is 7. The van der Waals surface area contributed by atoms with Crippen molar-refractivity contribution >= 4 is 0 Å². The number of ether oxygens (including phenoxy) is 4. The highest BCUT2D eigenvalue weighted by Crippen LogP contribution is 2.22. The van der Waals surface area contributed by atoms with Gasteiger partial charge in [0.05, 0.1) is 28.4 Å². The molecule has 0 N–H and O–H groups in total. The summed E-state index contributed by atoms with van der Waals surface area (Å²) in [6, 6.07) is 11.3. The van der Waals surface area contributed by atoms with E-state index in [1.54, 1.807) is 28.4 Å². The molecule has 0 aliphatic heterocycles. The van der Waals surface area contributed by atoms with Crippen molar-refractivity contribution < 1.29 is 18.9 Å². The highest BCUT2D eigenvalue weighted by molar-refractivity contribution is 5.47. The molecular weight excluding hydrogens is 352 g/mol. The first kappa shape index (κ1) is 21.1. The molecule has 28 heavy (non-hydrogen) atoms. The summed E-state index contributed by atoms with van der Waals surface area (Å²) >= 11 is 0. The second-order valence-electron chi connectivity index (χ2n) is 6.01. The maximum Gasteiger partial charge on any atom is 0.123 e. The van der Waals surface area contributed by atoms with Crippen molar-refractivity contribution in [2.24, 2.45) is 0 Å². The molecule has 0 unspecified atom stereocenters. The Hall–Kier alpha value is -3.24. The van der Waals surface area contributed by atoms with Gasteiger partial charge in [-0.25, -0.2) is 0 Å². The van der Waals surface area contributed by atoms with Crippen LogP contribution in [0.3, 0.4) is 0 Å². The average molecular weight is 378 g/mol. The fourth-order valence-corrected chi connectivity index (χ4v) is 2.52. The van der Waals surface area contributed by atoms with Gasteiger partial charge < -0.3 is 18.9 Å². The molecule has 0 heterocycles. The molecule has 0 fully saturated rings. The smallest absolute Gasteiger partial charge is 0.123 e. The van der Waals surface area contributed by atoms with Crippen LogP contribution in [0.5, 0.6) is 23.0 Å². The van der Waals surface area contributed by atoms with Crippen molar-refractivity contribution in [3.05, 3.63) is 47.5 Å². The fourth-order valence-electron chi connectivity index (χ4n) is 2.52. The van der Waals surface area contributed by atoms with E-state index in [0.717, 1.165) is 59.8 Å². The zero-order valence-electron chi connectivity index (χ0n) is 16.9. The molecule has 146 valence electrons. The Balaban J connectivity index is 1.81. The lowest BCUT2D eigenvalue weighted by Gasteiger charge is -2.04. The fraction of sp³-hybridized carbons (Fsp3) is 0.333. The average Bonchev–Trinajstić information content (AvgIpc) is 2.74. The van der Waals surface area contributed by atoms with Crippen LogP contribution >= 0.6 is 0 Å². The van der Waals surface area contributed by atoms with Crippen LogP contribution in [0.4, 0.5) is 0 Å². The molecule has 0 saturated heterocycles. The molecule has 0 saturated carbocycles.